The summed E-state index contributed by atoms with van der Waals surface area (Å²) >= 11 is 0. The SMILES string of the molecule is CCCNC(=O)CCN=C(N)Nc1ccc2c(c1)CCC2. The Labute approximate surface area is 126 Å². The molecule has 0 heterocycles. The van der Waals surface area contributed by atoms with Crippen LogP contribution in [-0.2, 0) is 17.6 Å². The molecule has 1 aliphatic carbocycles. The fourth-order valence-corrected chi connectivity index (χ4v) is 2.47. The second kappa shape index (κ2) is 7.67. The first-order valence-electron chi connectivity index (χ1n) is 7.64. The second-order valence-corrected chi connectivity index (χ2v) is 5.33. The van der Waals surface area contributed by atoms with Crippen molar-refractivity contribution < 1.29 is 4.79 Å². The van der Waals surface area contributed by atoms with Crippen molar-refractivity contribution in [1.29, 1.82) is 0 Å². The van der Waals surface area contributed by atoms with Crippen molar-refractivity contribution in [3.05, 3.63) is 29.3 Å². The van der Waals surface area contributed by atoms with Crippen molar-refractivity contribution in [2.45, 2.75) is 39.0 Å². The van der Waals surface area contributed by atoms with Gasteiger partial charge in [0, 0.05) is 18.7 Å². The molecule has 1 aliphatic rings. The number of carbonyl (C=O) groups is 1. The molecule has 0 aromatic heterocycles. The summed E-state index contributed by atoms with van der Waals surface area (Å²) in [6.07, 6.45) is 4.85. The van der Waals surface area contributed by atoms with Gasteiger partial charge in [-0.25, -0.2) is 0 Å². The Morgan fingerprint density at radius 1 is 1.33 bits per heavy atom. The number of rotatable bonds is 6. The molecule has 5 nitrogen and oxygen atoms in total. The van der Waals surface area contributed by atoms with E-state index in [1.54, 1.807) is 0 Å². The molecule has 5 heteroatoms. The van der Waals surface area contributed by atoms with Gasteiger partial charge >= 0.3 is 0 Å². The fraction of sp³-hybridized carbons (Fsp3) is 0.500. The molecule has 0 unspecified atom stereocenters. The zero-order valence-electron chi connectivity index (χ0n) is 12.6. The Bertz CT molecular complexity index is 525. The van der Waals surface area contributed by atoms with E-state index in [2.05, 4.69) is 27.8 Å². The summed E-state index contributed by atoms with van der Waals surface area (Å²) in [6, 6.07) is 6.31. The predicted molar refractivity (Wildman–Crippen MR) is 86.5 cm³/mol. The molecule has 0 saturated carbocycles. The van der Waals surface area contributed by atoms with Gasteiger partial charge in [-0.2, -0.15) is 0 Å². The second-order valence-electron chi connectivity index (χ2n) is 5.33. The first kappa shape index (κ1) is 15.4. The lowest BCUT2D eigenvalue weighted by Crippen LogP contribution is -2.26. The van der Waals surface area contributed by atoms with Gasteiger partial charge in [0.25, 0.3) is 0 Å². The lowest BCUT2D eigenvalue weighted by molar-refractivity contribution is -0.120. The summed E-state index contributed by atoms with van der Waals surface area (Å²) in [5, 5.41) is 5.90. The number of nitrogens with two attached hydrogens (primary N) is 1. The van der Waals surface area contributed by atoms with Gasteiger partial charge in [0.05, 0.1) is 6.54 Å². The van der Waals surface area contributed by atoms with E-state index >= 15 is 0 Å². The standard InChI is InChI=1S/C16H24N4O/c1-2-9-18-15(21)8-10-19-16(17)20-14-7-6-12-4-3-5-13(12)11-14/h6-7,11H,2-5,8-10H2,1H3,(H,18,21)(H3,17,19,20). The molecule has 0 aliphatic heterocycles. The average Bonchev–Trinajstić information content (AvgIpc) is 2.92. The highest BCUT2D eigenvalue weighted by atomic mass is 16.1. The summed E-state index contributed by atoms with van der Waals surface area (Å²) in [5.74, 6) is 0.377. The number of aryl methyl sites for hydroxylation is 2. The lowest BCUT2D eigenvalue weighted by Gasteiger charge is -2.08. The van der Waals surface area contributed by atoms with Crippen LogP contribution in [0.3, 0.4) is 0 Å². The maximum atomic E-state index is 11.4. The van der Waals surface area contributed by atoms with Crippen LogP contribution in [0.1, 0.15) is 37.3 Å². The monoisotopic (exact) mass is 288 g/mol. The van der Waals surface area contributed by atoms with Crippen molar-refractivity contribution in [2.24, 2.45) is 10.7 Å². The number of benzene rings is 1. The third-order valence-electron chi connectivity index (χ3n) is 3.56. The first-order chi connectivity index (χ1) is 10.2. The van der Waals surface area contributed by atoms with Crippen molar-refractivity contribution in [3.8, 4) is 0 Å². The molecule has 0 atom stereocenters. The molecule has 0 fully saturated rings. The van der Waals surface area contributed by atoms with Crippen LogP contribution in [0.2, 0.25) is 0 Å². The van der Waals surface area contributed by atoms with Gasteiger partial charge in [0.2, 0.25) is 5.91 Å². The highest BCUT2D eigenvalue weighted by Crippen LogP contribution is 2.24. The maximum Gasteiger partial charge on any atom is 0.221 e. The number of aliphatic imine (C=N–C) groups is 1. The molecule has 0 bridgehead atoms. The summed E-state index contributed by atoms with van der Waals surface area (Å²) < 4.78 is 0. The Morgan fingerprint density at radius 2 is 2.14 bits per heavy atom. The quantitative estimate of drug-likeness (QED) is 0.552. The molecule has 0 saturated heterocycles. The summed E-state index contributed by atoms with van der Waals surface area (Å²) in [5.41, 5.74) is 9.64. The third kappa shape index (κ3) is 4.77. The molecule has 1 aromatic carbocycles. The number of nitrogens with zero attached hydrogens (tertiary/aromatic N) is 1. The van der Waals surface area contributed by atoms with E-state index in [-0.39, 0.29) is 5.91 Å². The number of fused-ring (bicyclic) bond motifs is 1. The minimum Gasteiger partial charge on any atom is -0.370 e. The molecule has 1 aromatic rings. The van der Waals surface area contributed by atoms with Gasteiger partial charge in [-0.15, -0.1) is 0 Å². The molecule has 0 spiro atoms. The van der Waals surface area contributed by atoms with E-state index in [0.29, 0.717) is 25.5 Å². The number of carbonyl (C=O) groups excluding carboxylic acids is 1. The van der Waals surface area contributed by atoms with Gasteiger partial charge in [-0.05, 0) is 48.9 Å². The summed E-state index contributed by atoms with van der Waals surface area (Å²) in [6.45, 7) is 3.14. The molecular weight excluding hydrogens is 264 g/mol. The Kier molecular flexibility index (Phi) is 5.60. The van der Waals surface area contributed by atoms with Crippen LogP contribution in [0.15, 0.2) is 23.2 Å². The summed E-state index contributed by atoms with van der Waals surface area (Å²) in [7, 11) is 0. The van der Waals surface area contributed by atoms with E-state index in [9.17, 15) is 4.79 Å². The highest BCUT2D eigenvalue weighted by molar-refractivity contribution is 5.92. The van der Waals surface area contributed by atoms with Crippen LogP contribution in [0.5, 0.6) is 0 Å². The normalized spacial score (nSPS) is 13.9. The van der Waals surface area contributed by atoms with E-state index in [0.717, 1.165) is 18.5 Å². The van der Waals surface area contributed by atoms with Gasteiger partial charge in [-0.1, -0.05) is 13.0 Å². The van der Waals surface area contributed by atoms with Crippen LogP contribution >= 0.6 is 0 Å². The van der Waals surface area contributed by atoms with Crippen LogP contribution in [0, 0.1) is 0 Å². The van der Waals surface area contributed by atoms with Gasteiger partial charge in [-0.3, -0.25) is 9.79 Å². The van der Waals surface area contributed by atoms with Crippen molar-refractivity contribution >= 4 is 17.6 Å². The first-order valence-corrected chi connectivity index (χ1v) is 7.64. The van der Waals surface area contributed by atoms with Gasteiger partial charge in [0.1, 0.15) is 0 Å². The number of nitrogens with one attached hydrogen (secondary N) is 2. The number of amides is 1. The van der Waals surface area contributed by atoms with Gasteiger partial charge in [0.15, 0.2) is 5.96 Å². The Balaban J connectivity index is 1.79. The number of anilines is 1. The molecule has 21 heavy (non-hydrogen) atoms. The van der Waals surface area contributed by atoms with Crippen LogP contribution in [0.25, 0.3) is 0 Å². The highest BCUT2D eigenvalue weighted by Gasteiger charge is 2.10. The van der Waals surface area contributed by atoms with Crippen molar-refractivity contribution in [2.75, 3.05) is 18.4 Å². The van der Waals surface area contributed by atoms with E-state index < -0.39 is 0 Å². The molecule has 1 amide bonds. The minimum absolute atomic E-state index is 0.0194. The van der Waals surface area contributed by atoms with Crippen LogP contribution < -0.4 is 16.4 Å². The zero-order chi connectivity index (χ0) is 15.1. The van der Waals surface area contributed by atoms with Crippen LogP contribution in [-0.4, -0.2) is 25.0 Å². The topological polar surface area (TPSA) is 79.5 Å². The van der Waals surface area contributed by atoms with Gasteiger partial charge < -0.3 is 16.4 Å². The lowest BCUT2D eigenvalue weighted by atomic mass is 10.1. The fourth-order valence-electron chi connectivity index (χ4n) is 2.47. The predicted octanol–water partition coefficient (Wildman–Crippen LogP) is 1.82. The van der Waals surface area contributed by atoms with Crippen LogP contribution in [0.4, 0.5) is 5.69 Å². The largest absolute Gasteiger partial charge is 0.370 e. The molecule has 114 valence electrons. The zero-order valence-corrected chi connectivity index (χ0v) is 12.6. The molecule has 0 radical (unpaired) electrons. The number of hydrogen-bond donors (Lipinski definition) is 3. The maximum absolute atomic E-state index is 11.4. The number of guanidine groups is 1. The molecular formula is C16H24N4O. The summed E-state index contributed by atoms with van der Waals surface area (Å²) in [4.78, 5) is 15.6. The number of hydrogen-bond acceptors (Lipinski definition) is 2. The van der Waals surface area contributed by atoms with Crippen molar-refractivity contribution in [1.82, 2.24) is 5.32 Å². The molecule has 2 rings (SSSR count). The third-order valence-corrected chi connectivity index (χ3v) is 3.56. The Hall–Kier alpha value is -2.04. The van der Waals surface area contributed by atoms with E-state index in [1.165, 1.54) is 24.0 Å². The van der Waals surface area contributed by atoms with Crippen molar-refractivity contribution in [3.63, 3.8) is 0 Å². The average molecular weight is 288 g/mol. The Morgan fingerprint density at radius 3 is 2.95 bits per heavy atom. The smallest absolute Gasteiger partial charge is 0.221 e. The van der Waals surface area contributed by atoms with E-state index in [1.807, 2.05) is 13.0 Å². The molecule has 4 N–H and O–H groups in total. The minimum atomic E-state index is 0.0194. The van der Waals surface area contributed by atoms with E-state index in [4.69, 9.17) is 5.73 Å².